The summed E-state index contributed by atoms with van der Waals surface area (Å²) in [4.78, 5) is 23.1. The molecule has 0 aliphatic heterocycles. The maximum absolute atomic E-state index is 13.5. The van der Waals surface area contributed by atoms with Crippen LogP contribution in [0.3, 0.4) is 0 Å². The third kappa shape index (κ3) is 4.47. The van der Waals surface area contributed by atoms with Crippen molar-refractivity contribution in [3.63, 3.8) is 0 Å². The van der Waals surface area contributed by atoms with Gasteiger partial charge in [-0.05, 0) is 35.9 Å². The van der Waals surface area contributed by atoms with Crippen LogP contribution in [0, 0.1) is 0 Å². The SMILES string of the molecule is COc1ccccc1CNC(=O)c1c(N)n(Cc2ccc(OC)c(OC)c2)c2nc3ccccc3nc12. The maximum Gasteiger partial charge on any atom is 0.257 e. The van der Waals surface area contributed by atoms with Gasteiger partial charge in [-0.1, -0.05) is 36.4 Å². The Labute approximate surface area is 213 Å². The lowest BCUT2D eigenvalue weighted by atomic mass is 10.2. The molecule has 3 N–H and O–H groups in total. The molecule has 1 amide bonds. The molecule has 5 aromatic rings. The van der Waals surface area contributed by atoms with E-state index < -0.39 is 0 Å². The summed E-state index contributed by atoms with van der Waals surface area (Å²) in [7, 11) is 4.77. The summed E-state index contributed by atoms with van der Waals surface area (Å²) in [6.07, 6.45) is 0. The van der Waals surface area contributed by atoms with E-state index in [0.717, 1.165) is 11.1 Å². The van der Waals surface area contributed by atoms with E-state index in [0.29, 0.717) is 46.0 Å². The van der Waals surface area contributed by atoms with Crippen LogP contribution in [-0.4, -0.2) is 41.8 Å². The number of nitrogens with zero attached hydrogens (tertiary/aromatic N) is 3. The number of hydrogen-bond acceptors (Lipinski definition) is 7. The number of anilines is 1. The van der Waals surface area contributed by atoms with Crippen LogP contribution in [-0.2, 0) is 13.1 Å². The second-order valence-electron chi connectivity index (χ2n) is 8.41. The number of amides is 1. The molecule has 0 unspecified atom stereocenters. The molecule has 0 aliphatic rings. The van der Waals surface area contributed by atoms with Crippen molar-refractivity contribution in [1.82, 2.24) is 19.9 Å². The normalized spacial score (nSPS) is 11.0. The molecule has 0 saturated carbocycles. The summed E-state index contributed by atoms with van der Waals surface area (Å²) < 4.78 is 18.0. The Hall–Kier alpha value is -4.79. The first kappa shape index (κ1) is 23.9. The maximum atomic E-state index is 13.5. The lowest BCUT2D eigenvalue weighted by molar-refractivity contribution is 0.0953. The second-order valence-corrected chi connectivity index (χ2v) is 8.41. The molecule has 0 spiro atoms. The average molecular weight is 498 g/mol. The van der Waals surface area contributed by atoms with Crippen LogP contribution in [0.25, 0.3) is 22.2 Å². The summed E-state index contributed by atoms with van der Waals surface area (Å²) in [5, 5.41) is 2.96. The molecule has 5 rings (SSSR count). The number of fused-ring (bicyclic) bond motifs is 2. The molecular formula is C28H27N5O4. The molecule has 0 radical (unpaired) electrons. The lowest BCUT2D eigenvalue weighted by Gasteiger charge is -2.12. The van der Waals surface area contributed by atoms with Crippen LogP contribution >= 0.6 is 0 Å². The van der Waals surface area contributed by atoms with Crippen LogP contribution in [0.15, 0.2) is 66.7 Å². The zero-order chi connectivity index (χ0) is 25.9. The second kappa shape index (κ2) is 10.1. The zero-order valence-corrected chi connectivity index (χ0v) is 20.8. The standard InChI is InChI=1S/C28H27N5O4/c1-35-21-11-7-4-8-18(21)15-30-28(34)24-25-27(32-20-10-6-5-9-19(20)31-25)33(26(24)29)16-17-12-13-22(36-2)23(14-17)37-3/h4-14H,15-16,29H2,1-3H3,(H,30,34). The third-order valence-corrected chi connectivity index (χ3v) is 6.24. The van der Waals surface area contributed by atoms with Gasteiger partial charge in [-0.3, -0.25) is 4.79 Å². The molecule has 0 saturated heterocycles. The Morgan fingerprint density at radius 1 is 0.865 bits per heavy atom. The Morgan fingerprint density at radius 2 is 1.54 bits per heavy atom. The Morgan fingerprint density at radius 3 is 2.27 bits per heavy atom. The highest BCUT2D eigenvalue weighted by molar-refractivity contribution is 6.10. The van der Waals surface area contributed by atoms with E-state index in [1.807, 2.05) is 66.7 Å². The first-order chi connectivity index (χ1) is 18.0. The predicted octanol–water partition coefficient (Wildman–Crippen LogP) is 4.17. The van der Waals surface area contributed by atoms with Gasteiger partial charge in [0, 0.05) is 12.1 Å². The highest BCUT2D eigenvalue weighted by atomic mass is 16.5. The lowest BCUT2D eigenvalue weighted by Crippen LogP contribution is -2.24. The van der Waals surface area contributed by atoms with Gasteiger partial charge >= 0.3 is 0 Å². The smallest absolute Gasteiger partial charge is 0.257 e. The summed E-state index contributed by atoms with van der Waals surface area (Å²) >= 11 is 0. The predicted molar refractivity (Wildman–Crippen MR) is 142 cm³/mol. The van der Waals surface area contributed by atoms with Gasteiger partial charge in [0.15, 0.2) is 17.1 Å². The van der Waals surface area contributed by atoms with E-state index in [1.54, 1.807) is 25.9 Å². The number of ether oxygens (including phenoxy) is 3. The van der Waals surface area contributed by atoms with Crippen LogP contribution in [0.1, 0.15) is 21.5 Å². The van der Waals surface area contributed by atoms with Crippen molar-refractivity contribution in [3.8, 4) is 17.2 Å². The number of methoxy groups -OCH3 is 3. The van der Waals surface area contributed by atoms with E-state index in [9.17, 15) is 4.79 Å². The first-order valence-corrected chi connectivity index (χ1v) is 11.7. The number of rotatable bonds is 8. The van der Waals surface area contributed by atoms with Crippen molar-refractivity contribution in [1.29, 1.82) is 0 Å². The van der Waals surface area contributed by atoms with Crippen LogP contribution < -0.4 is 25.3 Å². The fourth-order valence-electron chi connectivity index (χ4n) is 4.38. The first-order valence-electron chi connectivity index (χ1n) is 11.7. The highest BCUT2D eigenvalue weighted by Gasteiger charge is 2.24. The van der Waals surface area contributed by atoms with E-state index in [-0.39, 0.29) is 23.8 Å². The Bertz CT molecular complexity index is 1610. The molecule has 0 fully saturated rings. The molecule has 9 heteroatoms. The van der Waals surface area contributed by atoms with Crippen LogP contribution in [0.5, 0.6) is 17.2 Å². The molecule has 0 atom stereocenters. The number of benzene rings is 3. The Kier molecular flexibility index (Phi) is 6.51. The molecular weight excluding hydrogens is 470 g/mol. The van der Waals surface area contributed by atoms with Gasteiger partial charge in [0.1, 0.15) is 22.6 Å². The van der Waals surface area contributed by atoms with Crippen molar-refractivity contribution >= 4 is 33.9 Å². The quantitative estimate of drug-likeness (QED) is 0.331. The number of hydrogen-bond donors (Lipinski definition) is 2. The van der Waals surface area contributed by atoms with Crippen molar-refractivity contribution in [2.24, 2.45) is 0 Å². The minimum Gasteiger partial charge on any atom is -0.496 e. The van der Waals surface area contributed by atoms with Crippen molar-refractivity contribution in [3.05, 3.63) is 83.4 Å². The molecule has 37 heavy (non-hydrogen) atoms. The van der Waals surface area contributed by atoms with E-state index in [2.05, 4.69) is 5.32 Å². The van der Waals surface area contributed by atoms with Gasteiger partial charge in [-0.2, -0.15) is 0 Å². The van der Waals surface area contributed by atoms with Gasteiger partial charge in [0.25, 0.3) is 5.91 Å². The fraction of sp³-hybridized carbons (Fsp3) is 0.179. The average Bonchev–Trinajstić information content (AvgIpc) is 3.20. The summed E-state index contributed by atoms with van der Waals surface area (Å²) in [5.41, 5.74) is 11.0. The van der Waals surface area contributed by atoms with Crippen molar-refractivity contribution in [2.75, 3.05) is 27.1 Å². The molecule has 2 aromatic heterocycles. The number of carbonyl (C=O) groups is 1. The highest BCUT2D eigenvalue weighted by Crippen LogP contribution is 2.32. The van der Waals surface area contributed by atoms with Gasteiger partial charge in [0.2, 0.25) is 0 Å². The van der Waals surface area contributed by atoms with E-state index >= 15 is 0 Å². The van der Waals surface area contributed by atoms with E-state index in [1.165, 1.54) is 0 Å². The number of nitrogens with one attached hydrogen (secondary N) is 1. The monoisotopic (exact) mass is 497 g/mol. The number of aromatic nitrogens is 3. The minimum atomic E-state index is -0.343. The topological polar surface area (TPSA) is 114 Å². The Balaban J connectivity index is 1.58. The number of para-hydroxylation sites is 3. The number of carbonyl (C=O) groups excluding carboxylic acids is 1. The van der Waals surface area contributed by atoms with Gasteiger partial charge in [0.05, 0.1) is 38.9 Å². The van der Waals surface area contributed by atoms with Gasteiger partial charge in [-0.25, -0.2) is 9.97 Å². The van der Waals surface area contributed by atoms with Gasteiger partial charge in [-0.15, -0.1) is 0 Å². The summed E-state index contributed by atoms with van der Waals surface area (Å²) in [5.74, 6) is 1.85. The fourth-order valence-corrected chi connectivity index (χ4v) is 4.38. The summed E-state index contributed by atoms with van der Waals surface area (Å²) in [6.45, 7) is 0.626. The molecule has 188 valence electrons. The van der Waals surface area contributed by atoms with Crippen LogP contribution in [0.4, 0.5) is 5.82 Å². The number of nitrogen functional groups attached to an aromatic ring is 1. The largest absolute Gasteiger partial charge is 0.496 e. The van der Waals surface area contributed by atoms with Crippen molar-refractivity contribution < 1.29 is 19.0 Å². The van der Waals surface area contributed by atoms with E-state index in [4.69, 9.17) is 29.9 Å². The number of nitrogens with two attached hydrogens (primary N) is 1. The van der Waals surface area contributed by atoms with Crippen molar-refractivity contribution in [2.45, 2.75) is 13.1 Å². The molecule has 0 aliphatic carbocycles. The van der Waals surface area contributed by atoms with Crippen LogP contribution in [0.2, 0.25) is 0 Å². The third-order valence-electron chi connectivity index (χ3n) is 6.24. The molecule has 9 nitrogen and oxygen atoms in total. The molecule has 0 bridgehead atoms. The molecule has 3 aromatic carbocycles. The minimum absolute atomic E-state index is 0.269. The molecule has 2 heterocycles. The summed E-state index contributed by atoms with van der Waals surface area (Å²) in [6, 6.07) is 20.7. The van der Waals surface area contributed by atoms with Gasteiger partial charge < -0.3 is 29.8 Å². The zero-order valence-electron chi connectivity index (χ0n) is 20.8.